The molecule has 2 aliphatic rings. The van der Waals surface area contributed by atoms with E-state index in [0.29, 0.717) is 23.4 Å². The molecule has 3 aromatic rings. The number of halogens is 2. The molecule has 2 unspecified atom stereocenters. The van der Waals surface area contributed by atoms with Crippen molar-refractivity contribution in [3.05, 3.63) is 99.8 Å². The Balaban J connectivity index is 1.62. The minimum absolute atomic E-state index is 0.0565. The molecule has 30 heavy (non-hydrogen) atoms. The van der Waals surface area contributed by atoms with Gasteiger partial charge in [0.15, 0.2) is 0 Å². The lowest BCUT2D eigenvalue weighted by Gasteiger charge is -2.45. The molecule has 0 radical (unpaired) electrons. The highest BCUT2D eigenvalue weighted by molar-refractivity contribution is 6.31. The van der Waals surface area contributed by atoms with Gasteiger partial charge in [0, 0.05) is 17.8 Å². The maximum absolute atomic E-state index is 13.5. The molecule has 0 fully saturated rings. The monoisotopic (exact) mass is 420 g/mol. The zero-order valence-electron chi connectivity index (χ0n) is 15.9. The predicted octanol–water partition coefficient (Wildman–Crippen LogP) is 4.95. The van der Waals surface area contributed by atoms with Gasteiger partial charge >= 0.3 is 0 Å². The average Bonchev–Trinajstić information content (AvgIpc) is 2.76. The Bertz CT molecular complexity index is 1180. The van der Waals surface area contributed by atoms with E-state index in [-0.39, 0.29) is 16.8 Å². The van der Waals surface area contributed by atoms with Crippen molar-refractivity contribution < 1.29 is 14.0 Å². The summed E-state index contributed by atoms with van der Waals surface area (Å²) < 4.78 is 13.5. The van der Waals surface area contributed by atoms with Crippen molar-refractivity contribution in [2.24, 2.45) is 0 Å². The van der Waals surface area contributed by atoms with Gasteiger partial charge in [-0.05, 0) is 47.4 Å². The molecule has 2 amide bonds. The number of hydrogen-bond acceptors (Lipinski definition) is 2. The van der Waals surface area contributed by atoms with E-state index in [4.69, 9.17) is 11.6 Å². The van der Waals surface area contributed by atoms with E-state index in [1.807, 2.05) is 42.5 Å². The minimum atomic E-state index is -0.593. The molecule has 0 saturated heterocycles. The van der Waals surface area contributed by atoms with Crippen molar-refractivity contribution in [1.29, 1.82) is 0 Å². The molecule has 0 spiro atoms. The van der Waals surface area contributed by atoms with E-state index in [9.17, 15) is 14.0 Å². The first-order chi connectivity index (χ1) is 14.5. The number of fused-ring (bicyclic) bond motifs is 4. The van der Waals surface area contributed by atoms with Crippen molar-refractivity contribution in [3.8, 4) is 0 Å². The van der Waals surface area contributed by atoms with Crippen LogP contribution in [0.1, 0.15) is 39.0 Å². The number of amides is 2. The van der Waals surface area contributed by atoms with Crippen LogP contribution in [0.3, 0.4) is 0 Å². The van der Waals surface area contributed by atoms with E-state index in [0.717, 1.165) is 17.5 Å². The fraction of sp³-hybridized carbons (Fsp3) is 0.167. The molecule has 150 valence electrons. The summed E-state index contributed by atoms with van der Waals surface area (Å²) in [4.78, 5) is 28.5. The van der Waals surface area contributed by atoms with Crippen LogP contribution in [0.2, 0.25) is 5.02 Å². The van der Waals surface area contributed by atoms with Gasteiger partial charge in [-0.3, -0.25) is 9.59 Å². The molecule has 2 heterocycles. The van der Waals surface area contributed by atoms with Crippen LogP contribution >= 0.6 is 11.6 Å². The number of carbonyl (C=O) groups is 2. The third kappa shape index (κ3) is 2.97. The second kappa shape index (κ2) is 7.26. The van der Waals surface area contributed by atoms with Crippen LogP contribution in [-0.4, -0.2) is 23.3 Å². The lowest BCUT2D eigenvalue weighted by Crippen LogP contribution is -2.49. The first-order valence-corrected chi connectivity index (χ1v) is 10.2. The van der Waals surface area contributed by atoms with Crippen LogP contribution in [0, 0.1) is 5.82 Å². The van der Waals surface area contributed by atoms with E-state index in [1.165, 1.54) is 18.2 Å². The van der Waals surface area contributed by atoms with Gasteiger partial charge in [-0.25, -0.2) is 4.39 Å². The van der Waals surface area contributed by atoms with Crippen LogP contribution in [-0.2, 0) is 11.2 Å². The predicted molar refractivity (Wildman–Crippen MR) is 113 cm³/mol. The van der Waals surface area contributed by atoms with E-state index < -0.39 is 17.8 Å². The topological polar surface area (TPSA) is 49.4 Å². The van der Waals surface area contributed by atoms with Crippen LogP contribution in [0.15, 0.2) is 66.7 Å². The van der Waals surface area contributed by atoms with Crippen molar-refractivity contribution in [2.45, 2.75) is 18.4 Å². The zero-order valence-corrected chi connectivity index (χ0v) is 16.7. The van der Waals surface area contributed by atoms with E-state index in [2.05, 4.69) is 5.32 Å². The smallest absolute Gasteiger partial charge is 0.254 e. The summed E-state index contributed by atoms with van der Waals surface area (Å²) in [5, 5.41) is 2.81. The zero-order chi connectivity index (χ0) is 20.8. The summed E-state index contributed by atoms with van der Waals surface area (Å²) >= 11 is 5.88. The molecule has 1 N–H and O–H groups in total. The van der Waals surface area contributed by atoms with E-state index in [1.54, 1.807) is 11.0 Å². The quantitative estimate of drug-likeness (QED) is 0.637. The number of carbonyl (C=O) groups excluding carboxylic acids is 2. The molecule has 3 aromatic carbocycles. The Hall–Kier alpha value is -3.18. The van der Waals surface area contributed by atoms with Gasteiger partial charge in [0.05, 0.1) is 17.0 Å². The molecule has 0 aliphatic carbocycles. The van der Waals surface area contributed by atoms with Crippen LogP contribution in [0.4, 0.5) is 10.1 Å². The van der Waals surface area contributed by atoms with Crippen LogP contribution in [0.25, 0.3) is 0 Å². The molecule has 2 aliphatic heterocycles. The highest BCUT2D eigenvalue weighted by Crippen LogP contribution is 2.46. The van der Waals surface area contributed by atoms with Crippen molar-refractivity contribution in [1.82, 2.24) is 4.90 Å². The van der Waals surface area contributed by atoms with Crippen molar-refractivity contribution in [3.63, 3.8) is 0 Å². The minimum Gasteiger partial charge on any atom is -0.330 e. The van der Waals surface area contributed by atoms with Gasteiger partial charge < -0.3 is 10.2 Å². The highest BCUT2D eigenvalue weighted by Gasteiger charge is 2.46. The molecular formula is C24H18ClFN2O2. The Labute approximate surface area is 178 Å². The van der Waals surface area contributed by atoms with Crippen molar-refractivity contribution in [2.75, 3.05) is 11.9 Å². The molecule has 0 saturated carbocycles. The van der Waals surface area contributed by atoms with Crippen LogP contribution in [0.5, 0.6) is 0 Å². The van der Waals surface area contributed by atoms with Crippen LogP contribution < -0.4 is 5.32 Å². The van der Waals surface area contributed by atoms with Gasteiger partial charge in [0.1, 0.15) is 5.82 Å². The van der Waals surface area contributed by atoms with Gasteiger partial charge in [0.2, 0.25) is 5.91 Å². The maximum Gasteiger partial charge on any atom is 0.254 e. The molecular weight excluding hydrogens is 403 g/mol. The second-order valence-electron chi connectivity index (χ2n) is 7.58. The van der Waals surface area contributed by atoms with E-state index >= 15 is 0 Å². The molecule has 2 atom stereocenters. The fourth-order valence-corrected chi connectivity index (χ4v) is 4.73. The van der Waals surface area contributed by atoms with Gasteiger partial charge in [-0.2, -0.15) is 0 Å². The van der Waals surface area contributed by atoms with Gasteiger partial charge in [0.25, 0.3) is 5.91 Å². The lowest BCUT2D eigenvalue weighted by atomic mass is 9.76. The molecule has 5 rings (SSSR count). The van der Waals surface area contributed by atoms with Gasteiger partial charge in [-0.1, -0.05) is 54.1 Å². The molecule has 6 heteroatoms. The first-order valence-electron chi connectivity index (χ1n) is 9.78. The Morgan fingerprint density at radius 1 is 1.03 bits per heavy atom. The van der Waals surface area contributed by atoms with Gasteiger partial charge in [-0.15, -0.1) is 0 Å². The summed E-state index contributed by atoms with van der Waals surface area (Å²) in [6.45, 7) is 0.557. The number of nitrogens with one attached hydrogen (secondary N) is 1. The summed E-state index contributed by atoms with van der Waals surface area (Å²) in [6.07, 6.45) is 0.752. The Kier molecular flexibility index (Phi) is 4.55. The summed E-state index contributed by atoms with van der Waals surface area (Å²) in [5.74, 6) is -1.46. The normalized spacial score (nSPS) is 19.5. The number of anilines is 1. The Morgan fingerprint density at radius 3 is 2.57 bits per heavy atom. The molecule has 4 nitrogen and oxygen atoms in total. The second-order valence-corrected chi connectivity index (χ2v) is 7.98. The Morgan fingerprint density at radius 2 is 1.77 bits per heavy atom. The first kappa shape index (κ1) is 18.8. The third-order valence-electron chi connectivity index (χ3n) is 5.90. The summed E-state index contributed by atoms with van der Waals surface area (Å²) in [5.41, 5.74) is 3.80. The fourth-order valence-electron chi connectivity index (χ4n) is 4.55. The standard InChI is InChI=1S/C24H18ClFN2O2/c25-19-13-15(9-10-20(19)26)27-23(29)21-17-7-3-4-8-18(17)24(30)28-12-11-14-5-1-2-6-16(14)22(21)28/h1-10,13,21-22H,11-12H2,(H,27,29). The molecule has 0 aromatic heterocycles. The summed E-state index contributed by atoms with van der Waals surface area (Å²) in [6, 6.07) is 18.9. The largest absolute Gasteiger partial charge is 0.330 e. The number of rotatable bonds is 2. The lowest BCUT2D eigenvalue weighted by molar-refractivity contribution is -0.119. The average molecular weight is 421 g/mol. The van der Waals surface area contributed by atoms with Crippen molar-refractivity contribution >= 4 is 29.1 Å². The number of benzene rings is 3. The maximum atomic E-state index is 13.5. The molecule has 0 bridgehead atoms. The SMILES string of the molecule is O=C(Nc1ccc(F)c(Cl)c1)C1c2ccccc2C(=O)N2CCc3ccccc3C12. The number of nitrogens with zero attached hydrogens (tertiary/aromatic N) is 1. The third-order valence-corrected chi connectivity index (χ3v) is 6.19. The summed E-state index contributed by atoms with van der Waals surface area (Å²) in [7, 11) is 0. The highest BCUT2D eigenvalue weighted by atomic mass is 35.5. The number of hydrogen-bond donors (Lipinski definition) is 1.